The average Bonchev–Trinajstić information content (AvgIpc) is 2.31. The Hall–Kier alpha value is -0.240. The summed E-state index contributed by atoms with van der Waals surface area (Å²) in [5.74, 6) is 0.691. The van der Waals surface area contributed by atoms with Gasteiger partial charge in [-0.3, -0.25) is 4.79 Å². The van der Waals surface area contributed by atoms with Crippen molar-refractivity contribution in [3.05, 3.63) is 0 Å². The van der Waals surface area contributed by atoms with Gasteiger partial charge in [0, 0.05) is 19.0 Å². The molecule has 1 saturated carbocycles. The second-order valence-electron chi connectivity index (χ2n) is 3.80. The summed E-state index contributed by atoms with van der Waals surface area (Å²) in [6.07, 6.45) is 4.40. The van der Waals surface area contributed by atoms with Crippen molar-refractivity contribution in [2.45, 2.75) is 31.1 Å². The zero-order valence-corrected chi connectivity index (χ0v) is 7.89. The lowest BCUT2D eigenvalue weighted by Crippen LogP contribution is -2.37. The summed E-state index contributed by atoms with van der Waals surface area (Å²) >= 11 is 5.92. The third-order valence-corrected chi connectivity index (χ3v) is 3.25. The van der Waals surface area contributed by atoms with Gasteiger partial charge in [-0.1, -0.05) is 6.42 Å². The first-order valence-electron chi connectivity index (χ1n) is 4.70. The second-order valence-corrected chi connectivity index (χ2v) is 4.42. The minimum atomic E-state index is 0.203. The Balaban J connectivity index is 1.87. The molecule has 2 aliphatic rings. The standard InChI is InChI=1S/C9H14ClNO/c10-8-4-5-11(6-8)9(12)7-2-1-3-7/h7-8H,1-6H2. The van der Waals surface area contributed by atoms with E-state index in [0.29, 0.717) is 11.8 Å². The van der Waals surface area contributed by atoms with Crippen LogP contribution in [0.2, 0.25) is 0 Å². The smallest absolute Gasteiger partial charge is 0.225 e. The van der Waals surface area contributed by atoms with Crippen molar-refractivity contribution in [2.24, 2.45) is 5.92 Å². The SMILES string of the molecule is O=C(C1CCC1)N1CCC(Cl)C1. The van der Waals surface area contributed by atoms with E-state index in [4.69, 9.17) is 11.6 Å². The monoisotopic (exact) mass is 187 g/mol. The maximum absolute atomic E-state index is 11.6. The number of hydrogen-bond donors (Lipinski definition) is 0. The van der Waals surface area contributed by atoms with Gasteiger partial charge in [0.2, 0.25) is 5.91 Å². The Bertz CT molecular complexity index is 191. The van der Waals surface area contributed by atoms with Crippen LogP contribution in [0.1, 0.15) is 25.7 Å². The van der Waals surface area contributed by atoms with Crippen molar-refractivity contribution in [1.29, 1.82) is 0 Å². The van der Waals surface area contributed by atoms with E-state index in [1.165, 1.54) is 6.42 Å². The largest absolute Gasteiger partial charge is 0.341 e. The first-order valence-corrected chi connectivity index (χ1v) is 5.14. The zero-order valence-electron chi connectivity index (χ0n) is 7.13. The molecule has 2 fully saturated rings. The number of hydrogen-bond acceptors (Lipinski definition) is 1. The number of amides is 1. The Morgan fingerprint density at radius 1 is 1.33 bits per heavy atom. The van der Waals surface area contributed by atoms with Crippen LogP contribution in [0.5, 0.6) is 0 Å². The molecule has 68 valence electrons. The van der Waals surface area contributed by atoms with Gasteiger partial charge in [0.15, 0.2) is 0 Å². The highest BCUT2D eigenvalue weighted by atomic mass is 35.5. The van der Waals surface area contributed by atoms with Crippen molar-refractivity contribution in [3.63, 3.8) is 0 Å². The molecule has 3 heteroatoms. The molecular formula is C9H14ClNO. The lowest BCUT2D eigenvalue weighted by Gasteiger charge is -2.28. The molecule has 1 aliphatic carbocycles. The summed E-state index contributed by atoms with van der Waals surface area (Å²) in [5.41, 5.74) is 0. The highest BCUT2D eigenvalue weighted by molar-refractivity contribution is 6.21. The molecule has 1 unspecified atom stereocenters. The van der Waals surface area contributed by atoms with E-state index in [1.54, 1.807) is 0 Å². The zero-order chi connectivity index (χ0) is 8.55. The molecule has 1 aliphatic heterocycles. The lowest BCUT2D eigenvalue weighted by molar-refractivity contribution is -0.136. The Kier molecular flexibility index (Phi) is 2.26. The van der Waals surface area contributed by atoms with Crippen LogP contribution in [0, 0.1) is 5.92 Å². The number of likely N-dealkylation sites (tertiary alicyclic amines) is 1. The maximum Gasteiger partial charge on any atom is 0.225 e. The van der Waals surface area contributed by atoms with Gasteiger partial charge in [0.25, 0.3) is 0 Å². The lowest BCUT2D eigenvalue weighted by atomic mass is 9.84. The van der Waals surface area contributed by atoms with E-state index in [-0.39, 0.29) is 5.38 Å². The molecule has 0 aromatic rings. The molecule has 0 N–H and O–H groups in total. The van der Waals surface area contributed by atoms with Crippen molar-refractivity contribution < 1.29 is 4.79 Å². The van der Waals surface area contributed by atoms with Crippen LogP contribution in [0.4, 0.5) is 0 Å². The van der Waals surface area contributed by atoms with Gasteiger partial charge in [0.05, 0.1) is 5.38 Å². The van der Waals surface area contributed by atoms with Crippen molar-refractivity contribution in [3.8, 4) is 0 Å². The molecule has 2 nitrogen and oxygen atoms in total. The Morgan fingerprint density at radius 2 is 2.08 bits per heavy atom. The molecule has 0 aromatic heterocycles. The fourth-order valence-corrected chi connectivity index (χ4v) is 2.10. The molecular weight excluding hydrogens is 174 g/mol. The molecule has 0 bridgehead atoms. The minimum absolute atomic E-state index is 0.203. The molecule has 0 spiro atoms. The maximum atomic E-state index is 11.6. The molecule has 1 heterocycles. The number of rotatable bonds is 1. The highest BCUT2D eigenvalue weighted by Crippen LogP contribution is 2.29. The van der Waals surface area contributed by atoms with Crippen LogP contribution in [-0.2, 0) is 4.79 Å². The minimum Gasteiger partial charge on any atom is -0.341 e. The summed E-state index contributed by atoms with van der Waals surface area (Å²) in [7, 11) is 0. The van der Waals surface area contributed by atoms with E-state index < -0.39 is 0 Å². The normalized spacial score (nSPS) is 30.4. The van der Waals surface area contributed by atoms with Gasteiger partial charge >= 0.3 is 0 Å². The third-order valence-electron chi connectivity index (χ3n) is 2.90. The van der Waals surface area contributed by atoms with Gasteiger partial charge in [0.1, 0.15) is 0 Å². The average molecular weight is 188 g/mol. The van der Waals surface area contributed by atoms with Gasteiger partial charge in [-0.15, -0.1) is 11.6 Å². The van der Waals surface area contributed by atoms with Gasteiger partial charge < -0.3 is 4.90 Å². The fraction of sp³-hybridized carbons (Fsp3) is 0.889. The van der Waals surface area contributed by atoms with Gasteiger partial charge in [-0.2, -0.15) is 0 Å². The predicted octanol–water partition coefficient (Wildman–Crippen LogP) is 1.63. The summed E-state index contributed by atoms with van der Waals surface area (Å²) in [5, 5.41) is 0.203. The summed E-state index contributed by atoms with van der Waals surface area (Å²) in [6, 6.07) is 0. The van der Waals surface area contributed by atoms with E-state index in [0.717, 1.165) is 32.4 Å². The summed E-state index contributed by atoms with van der Waals surface area (Å²) < 4.78 is 0. The topological polar surface area (TPSA) is 20.3 Å². The first-order chi connectivity index (χ1) is 5.77. The number of carbonyl (C=O) groups excluding carboxylic acids is 1. The van der Waals surface area contributed by atoms with Crippen molar-refractivity contribution >= 4 is 17.5 Å². The number of nitrogens with zero attached hydrogens (tertiary/aromatic N) is 1. The van der Waals surface area contributed by atoms with Crippen molar-refractivity contribution in [1.82, 2.24) is 4.90 Å². The molecule has 1 atom stereocenters. The van der Waals surface area contributed by atoms with Crippen molar-refractivity contribution in [2.75, 3.05) is 13.1 Å². The fourth-order valence-electron chi connectivity index (χ4n) is 1.83. The molecule has 1 amide bonds. The van der Waals surface area contributed by atoms with Crippen LogP contribution in [-0.4, -0.2) is 29.3 Å². The quantitative estimate of drug-likeness (QED) is 0.572. The first kappa shape index (κ1) is 8.36. The molecule has 1 saturated heterocycles. The van der Waals surface area contributed by atoms with Gasteiger partial charge in [-0.05, 0) is 19.3 Å². The Labute approximate surface area is 77.9 Å². The predicted molar refractivity (Wildman–Crippen MR) is 48.2 cm³/mol. The molecule has 2 rings (SSSR count). The number of halogens is 1. The highest BCUT2D eigenvalue weighted by Gasteiger charge is 2.32. The Morgan fingerprint density at radius 3 is 2.50 bits per heavy atom. The van der Waals surface area contributed by atoms with Crippen LogP contribution in [0.15, 0.2) is 0 Å². The molecule has 12 heavy (non-hydrogen) atoms. The number of carbonyl (C=O) groups is 1. The van der Waals surface area contributed by atoms with E-state index in [2.05, 4.69) is 0 Å². The van der Waals surface area contributed by atoms with Crippen LogP contribution in [0.25, 0.3) is 0 Å². The van der Waals surface area contributed by atoms with Crippen LogP contribution in [0.3, 0.4) is 0 Å². The molecule has 0 aromatic carbocycles. The van der Waals surface area contributed by atoms with Crippen LogP contribution >= 0.6 is 11.6 Å². The number of alkyl halides is 1. The second kappa shape index (κ2) is 3.25. The summed E-state index contributed by atoms with van der Waals surface area (Å²) in [6.45, 7) is 1.65. The van der Waals surface area contributed by atoms with E-state index >= 15 is 0 Å². The third kappa shape index (κ3) is 1.45. The van der Waals surface area contributed by atoms with E-state index in [1.807, 2.05) is 4.90 Å². The van der Waals surface area contributed by atoms with Gasteiger partial charge in [-0.25, -0.2) is 0 Å². The van der Waals surface area contributed by atoms with E-state index in [9.17, 15) is 4.79 Å². The molecule has 0 radical (unpaired) electrons. The van der Waals surface area contributed by atoms with Crippen LogP contribution < -0.4 is 0 Å². The summed E-state index contributed by atoms with van der Waals surface area (Å²) in [4.78, 5) is 13.6.